The molecule has 0 bridgehead atoms. The van der Waals surface area contributed by atoms with Crippen molar-refractivity contribution in [1.82, 2.24) is 0 Å². The maximum Gasteiger partial charge on any atom is 0.400 e. The van der Waals surface area contributed by atoms with Gasteiger partial charge in [-0.2, -0.15) is 40.4 Å². The van der Waals surface area contributed by atoms with Gasteiger partial charge < -0.3 is 0 Å². The first-order valence-corrected chi connectivity index (χ1v) is 3.72. The second-order valence-corrected chi connectivity index (χ2v) is 3.33. The summed E-state index contributed by atoms with van der Waals surface area (Å²) in [7, 11) is 0. The summed E-state index contributed by atoms with van der Waals surface area (Å²) in [5, 5.41) is 7.49. The lowest BCUT2D eigenvalue weighted by Crippen LogP contribution is -2.59. The predicted octanol–water partition coefficient (Wildman–Crippen LogP) is 3.40. The van der Waals surface area contributed by atoms with Crippen LogP contribution in [0.15, 0.2) is 0 Å². The summed E-state index contributed by atoms with van der Waals surface area (Å²) in [6.45, 7) is 0. The summed E-state index contributed by atoms with van der Waals surface area (Å²) in [4.78, 5) is -5.57. The third kappa shape index (κ3) is 2.02. The highest BCUT2D eigenvalue weighted by Crippen LogP contribution is 2.54. The molecule has 0 amide bonds. The van der Waals surface area contributed by atoms with Crippen molar-refractivity contribution >= 4 is 15.9 Å². The molecule has 1 nitrogen and oxygen atoms in total. The van der Waals surface area contributed by atoms with E-state index < -0.39 is 28.7 Å². The van der Waals surface area contributed by atoms with E-state index in [1.54, 1.807) is 0 Å². The first-order valence-electron chi connectivity index (χ1n) is 2.92. The van der Waals surface area contributed by atoms with Crippen LogP contribution >= 0.6 is 15.9 Å². The molecule has 0 radical (unpaired) electrons. The molecule has 0 rings (SSSR count). The number of hydrogen-bond donors (Lipinski definition) is 0. The maximum absolute atomic E-state index is 12.2. The maximum atomic E-state index is 12.2. The van der Waals surface area contributed by atoms with E-state index >= 15 is 0 Å². The number of nitrogens with zero attached hydrogens (tertiary/aromatic N) is 1. The van der Waals surface area contributed by atoms with Crippen LogP contribution in [-0.2, 0) is 0 Å². The molecule has 0 unspecified atom stereocenters. The normalized spacial score (nSPS) is 14.9. The SMILES string of the molecule is N#CC(F)(F)C(F)(F)C(F)(F)C(F)(F)Br. The molecule has 0 aromatic carbocycles. The minimum Gasteiger partial charge on any atom is -0.191 e. The van der Waals surface area contributed by atoms with Crippen LogP contribution in [0.4, 0.5) is 35.1 Å². The van der Waals surface area contributed by atoms with E-state index in [1.165, 1.54) is 0 Å². The minimum absolute atomic E-state index is 0.458. The van der Waals surface area contributed by atoms with Gasteiger partial charge >= 0.3 is 22.6 Å². The lowest BCUT2D eigenvalue weighted by atomic mass is 10.1. The van der Waals surface area contributed by atoms with Crippen molar-refractivity contribution in [1.29, 1.82) is 5.26 Å². The van der Waals surface area contributed by atoms with Crippen molar-refractivity contribution in [2.24, 2.45) is 0 Å². The zero-order chi connectivity index (χ0) is 12.7. The Morgan fingerprint density at radius 3 is 1.33 bits per heavy atom. The average Bonchev–Trinajstić information content (AvgIpc) is 2.01. The third-order valence-electron chi connectivity index (χ3n) is 1.29. The monoisotopic (exact) mass is 305 g/mol. The largest absolute Gasteiger partial charge is 0.400 e. The summed E-state index contributed by atoms with van der Waals surface area (Å²) in [5.74, 6) is -18.8. The van der Waals surface area contributed by atoms with Crippen molar-refractivity contribution in [2.75, 3.05) is 0 Å². The van der Waals surface area contributed by atoms with Crippen molar-refractivity contribution in [3.05, 3.63) is 0 Å². The zero-order valence-electron chi connectivity index (χ0n) is 6.35. The highest BCUT2D eigenvalue weighted by molar-refractivity contribution is 9.10. The number of nitriles is 1. The van der Waals surface area contributed by atoms with E-state index in [4.69, 9.17) is 5.26 Å². The van der Waals surface area contributed by atoms with Crippen LogP contribution in [0.3, 0.4) is 0 Å². The summed E-state index contributed by atoms with van der Waals surface area (Å²) >= 11 is 0.851. The Labute approximate surface area is 85.8 Å². The topological polar surface area (TPSA) is 23.8 Å². The highest BCUT2D eigenvalue weighted by atomic mass is 79.9. The lowest BCUT2D eigenvalue weighted by Gasteiger charge is -2.31. The average molecular weight is 306 g/mol. The predicted molar refractivity (Wildman–Crippen MR) is 34.3 cm³/mol. The minimum atomic E-state index is -6.50. The van der Waals surface area contributed by atoms with Crippen molar-refractivity contribution in [2.45, 2.75) is 22.6 Å². The Morgan fingerprint density at radius 2 is 1.13 bits per heavy atom. The van der Waals surface area contributed by atoms with Crippen molar-refractivity contribution in [3.63, 3.8) is 0 Å². The van der Waals surface area contributed by atoms with E-state index in [1.807, 2.05) is 0 Å². The van der Waals surface area contributed by atoms with Gasteiger partial charge in [0.05, 0.1) is 0 Å². The zero-order valence-corrected chi connectivity index (χ0v) is 7.93. The van der Waals surface area contributed by atoms with Crippen LogP contribution in [0.1, 0.15) is 0 Å². The van der Waals surface area contributed by atoms with Gasteiger partial charge in [-0.3, -0.25) is 0 Å². The Balaban J connectivity index is 5.51. The molecule has 0 aliphatic rings. The van der Waals surface area contributed by atoms with E-state index in [0.717, 1.165) is 15.9 Å². The second kappa shape index (κ2) is 3.47. The molecule has 0 spiro atoms. The molecule has 0 atom stereocenters. The quantitative estimate of drug-likeness (QED) is 0.579. The van der Waals surface area contributed by atoms with Gasteiger partial charge in [-0.1, -0.05) is 0 Å². The Kier molecular flexibility index (Phi) is 3.33. The highest BCUT2D eigenvalue weighted by Gasteiger charge is 2.80. The number of halogens is 9. The standard InChI is InChI=1S/C5BrF8N/c6-5(13,14)4(11,12)3(9,10)2(7,8)1-15. The van der Waals surface area contributed by atoms with Gasteiger partial charge in [0, 0.05) is 0 Å². The van der Waals surface area contributed by atoms with Crippen LogP contribution in [0.25, 0.3) is 0 Å². The molecule has 0 heterocycles. The van der Waals surface area contributed by atoms with E-state index in [0.29, 0.717) is 0 Å². The fraction of sp³-hybridized carbons (Fsp3) is 0.800. The molecular weight excluding hydrogens is 306 g/mol. The number of rotatable bonds is 3. The second-order valence-electron chi connectivity index (χ2n) is 2.33. The molecule has 15 heavy (non-hydrogen) atoms. The summed E-state index contributed by atoms with van der Waals surface area (Å²) in [6, 6.07) is -0.458. The Bertz CT molecular complexity index is 286. The van der Waals surface area contributed by atoms with Crippen LogP contribution in [0.5, 0.6) is 0 Å². The molecular formula is C5BrF8N. The number of hydrogen-bond acceptors (Lipinski definition) is 1. The van der Waals surface area contributed by atoms with Gasteiger partial charge in [0.1, 0.15) is 6.07 Å². The smallest absolute Gasteiger partial charge is 0.191 e. The molecule has 0 aromatic rings. The molecule has 0 aromatic heterocycles. The first-order chi connectivity index (χ1) is 6.31. The van der Waals surface area contributed by atoms with Gasteiger partial charge in [0.2, 0.25) is 0 Å². The molecule has 88 valence electrons. The van der Waals surface area contributed by atoms with Crippen LogP contribution in [0, 0.1) is 11.3 Å². The van der Waals surface area contributed by atoms with Crippen LogP contribution < -0.4 is 0 Å². The van der Waals surface area contributed by atoms with Gasteiger partial charge in [-0.25, -0.2) is 0 Å². The Morgan fingerprint density at radius 1 is 0.800 bits per heavy atom. The lowest BCUT2D eigenvalue weighted by molar-refractivity contribution is -0.329. The third-order valence-corrected chi connectivity index (χ3v) is 1.78. The van der Waals surface area contributed by atoms with Gasteiger partial charge in [-0.15, -0.1) is 0 Å². The summed E-state index contributed by atoms with van der Waals surface area (Å²) in [6.07, 6.45) is 0. The first kappa shape index (κ1) is 14.4. The fourth-order valence-corrected chi connectivity index (χ4v) is 0.694. The molecule has 0 saturated heterocycles. The Hall–Kier alpha value is -0.590. The van der Waals surface area contributed by atoms with Gasteiger partial charge in [0.25, 0.3) is 0 Å². The van der Waals surface area contributed by atoms with Crippen molar-refractivity contribution in [3.8, 4) is 6.07 Å². The van der Waals surface area contributed by atoms with Gasteiger partial charge in [-0.05, 0) is 15.9 Å². The number of alkyl halides is 9. The molecule has 0 saturated carbocycles. The molecule has 0 N–H and O–H groups in total. The molecule has 0 aliphatic carbocycles. The summed E-state index contributed by atoms with van der Waals surface area (Å²) < 4.78 is 96.7. The van der Waals surface area contributed by atoms with Crippen LogP contribution in [0.2, 0.25) is 0 Å². The van der Waals surface area contributed by atoms with E-state index in [9.17, 15) is 35.1 Å². The van der Waals surface area contributed by atoms with Crippen LogP contribution in [-0.4, -0.2) is 22.6 Å². The van der Waals surface area contributed by atoms with E-state index in [2.05, 4.69) is 0 Å². The fourth-order valence-electron chi connectivity index (χ4n) is 0.445. The van der Waals surface area contributed by atoms with E-state index in [-0.39, 0.29) is 0 Å². The molecule has 0 aliphatic heterocycles. The van der Waals surface area contributed by atoms with Crippen molar-refractivity contribution < 1.29 is 35.1 Å². The molecule has 0 fully saturated rings. The summed E-state index contributed by atoms with van der Waals surface area (Å²) in [5.41, 5.74) is 0. The van der Waals surface area contributed by atoms with Gasteiger partial charge in [0.15, 0.2) is 0 Å². The molecule has 10 heteroatoms.